The molecular formula is C39H42O5. The van der Waals surface area contributed by atoms with E-state index < -0.39 is 5.97 Å². The van der Waals surface area contributed by atoms with Gasteiger partial charge in [-0.05, 0) is 102 Å². The molecule has 4 rings (SSSR count). The highest BCUT2D eigenvalue weighted by Gasteiger charge is 2.10. The zero-order valence-electron chi connectivity index (χ0n) is 24.6. The summed E-state index contributed by atoms with van der Waals surface area (Å²) in [6.45, 7) is 9.05. The molecule has 0 aliphatic heterocycles. The van der Waals surface area contributed by atoms with Crippen molar-refractivity contribution in [2.45, 2.75) is 52.9 Å². The Morgan fingerprint density at radius 2 is 1.09 bits per heavy atom. The number of carbonyl (C=O) groups is 3. The van der Waals surface area contributed by atoms with Gasteiger partial charge in [0.15, 0.2) is 11.6 Å². The van der Waals surface area contributed by atoms with E-state index in [4.69, 9.17) is 9.84 Å². The predicted molar refractivity (Wildman–Crippen MR) is 180 cm³/mol. The van der Waals surface area contributed by atoms with Crippen LogP contribution in [0.25, 0.3) is 11.1 Å². The van der Waals surface area contributed by atoms with Gasteiger partial charge in [-0.25, -0.2) is 4.79 Å². The average Bonchev–Trinajstić information content (AvgIpc) is 3.05. The van der Waals surface area contributed by atoms with E-state index in [0.717, 1.165) is 17.5 Å². The fourth-order valence-corrected chi connectivity index (χ4v) is 4.31. The summed E-state index contributed by atoms with van der Waals surface area (Å²) in [6, 6.07) is 28.6. The Bertz CT molecular complexity index is 1500. The molecule has 0 saturated heterocycles. The molecule has 0 aromatic heterocycles. The lowest BCUT2D eigenvalue weighted by Crippen LogP contribution is -2.08. The van der Waals surface area contributed by atoms with Gasteiger partial charge in [0.1, 0.15) is 11.5 Å². The van der Waals surface area contributed by atoms with Crippen molar-refractivity contribution >= 4 is 17.5 Å². The van der Waals surface area contributed by atoms with Crippen molar-refractivity contribution in [3.05, 3.63) is 145 Å². The Labute approximate surface area is 261 Å². The van der Waals surface area contributed by atoms with Crippen molar-refractivity contribution in [2.75, 3.05) is 0 Å². The normalized spacial score (nSPS) is 9.93. The molecular weight excluding hydrogens is 548 g/mol. The van der Waals surface area contributed by atoms with Gasteiger partial charge in [0.2, 0.25) is 0 Å². The first-order valence-electron chi connectivity index (χ1n) is 14.5. The summed E-state index contributed by atoms with van der Waals surface area (Å²) >= 11 is 0. The SMILES string of the molecule is C.C=CC(=O)c1ccc(O)cc1.C=CC(=O)c1ccc(OC(=O)c2ccc(-c3ccc(CCCCCCC)cc3)cc2)cc1. The molecule has 44 heavy (non-hydrogen) atoms. The number of carbonyl (C=O) groups excluding carboxylic acids is 3. The van der Waals surface area contributed by atoms with Crippen LogP contribution in [0.15, 0.2) is 122 Å². The number of esters is 1. The first-order chi connectivity index (χ1) is 20.8. The standard InChI is InChI=1S/C29H30O3.C9H8O2.CH4/c1-3-5-6-7-8-9-22-10-12-23(13-11-22)24-14-16-26(17-15-24)29(31)32-27-20-18-25(19-21-27)28(30)4-2;1-2-9(11)7-3-5-8(10)6-4-7;/h4,10-21H,2-3,5-9H2,1H3;2-6,10H,1H2;1H4. The summed E-state index contributed by atoms with van der Waals surface area (Å²) in [5, 5.41) is 8.87. The number of hydrogen-bond acceptors (Lipinski definition) is 5. The molecule has 0 fully saturated rings. The number of phenols is 1. The number of aryl methyl sites for hydroxylation is 1. The molecule has 4 aromatic rings. The third-order valence-corrected chi connectivity index (χ3v) is 6.85. The number of aromatic hydroxyl groups is 1. The summed E-state index contributed by atoms with van der Waals surface area (Å²) < 4.78 is 5.42. The molecule has 0 bridgehead atoms. The second-order valence-corrected chi connectivity index (χ2v) is 10.0. The lowest BCUT2D eigenvalue weighted by atomic mass is 10.00. The van der Waals surface area contributed by atoms with Crippen LogP contribution in [-0.2, 0) is 6.42 Å². The van der Waals surface area contributed by atoms with Crippen LogP contribution in [0.3, 0.4) is 0 Å². The maximum absolute atomic E-state index is 12.4. The summed E-state index contributed by atoms with van der Waals surface area (Å²) in [5.74, 6) is -0.183. The highest BCUT2D eigenvalue weighted by Crippen LogP contribution is 2.22. The molecule has 5 heteroatoms. The van der Waals surface area contributed by atoms with Gasteiger partial charge in [-0.15, -0.1) is 0 Å². The Balaban J connectivity index is 0.000000475. The Morgan fingerprint density at radius 1 is 0.636 bits per heavy atom. The molecule has 0 heterocycles. The van der Waals surface area contributed by atoms with Crippen LogP contribution < -0.4 is 4.74 Å². The summed E-state index contributed by atoms with van der Waals surface area (Å²) in [7, 11) is 0. The molecule has 0 amide bonds. The molecule has 5 nitrogen and oxygen atoms in total. The topological polar surface area (TPSA) is 80.7 Å². The van der Waals surface area contributed by atoms with E-state index in [1.807, 2.05) is 12.1 Å². The number of hydrogen-bond donors (Lipinski definition) is 1. The zero-order valence-corrected chi connectivity index (χ0v) is 24.6. The summed E-state index contributed by atoms with van der Waals surface area (Å²) in [5.41, 5.74) is 5.07. The third kappa shape index (κ3) is 11.0. The van der Waals surface area contributed by atoms with Crippen LogP contribution in [0.2, 0.25) is 0 Å². The van der Waals surface area contributed by atoms with E-state index in [1.54, 1.807) is 48.5 Å². The minimum absolute atomic E-state index is 0. The van der Waals surface area contributed by atoms with Crippen molar-refractivity contribution in [1.29, 1.82) is 0 Å². The van der Waals surface area contributed by atoms with Crippen molar-refractivity contribution in [3.63, 3.8) is 0 Å². The molecule has 0 atom stereocenters. The van der Waals surface area contributed by atoms with Gasteiger partial charge < -0.3 is 9.84 Å². The first-order valence-corrected chi connectivity index (χ1v) is 14.5. The van der Waals surface area contributed by atoms with Crippen LogP contribution in [0.1, 0.15) is 83.1 Å². The van der Waals surface area contributed by atoms with E-state index in [0.29, 0.717) is 22.4 Å². The van der Waals surface area contributed by atoms with Gasteiger partial charge in [-0.2, -0.15) is 0 Å². The lowest BCUT2D eigenvalue weighted by Gasteiger charge is -2.07. The average molecular weight is 591 g/mol. The first kappa shape index (κ1) is 35.2. The number of unbranched alkanes of at least 4 members (excludes halogenated alkanes) is 4. The van der Waals surface area contributed by atoms with E-state index in [2.05, 4.69) is 44.3 Å². The van der Waals surface area contributed by atoms with Gasteiger partial charge in [0.25, 0.3) is 0 Å². The van der Waals surface area contributed by atoms with Crippen LogP contribution >= 0.6 is 0 Å². The molecule has 4 aromatic carbocycles. The Hall–Kier alpha value is -5.03. The fourth-order valence-electron chi connectivity index (χ4n) is 4.31. The van der Waals surface area contributed by atoms with E-state index >= 15 is 0 Å². The molecule has 228 valence electrons. The number of rotatable bonds is 13. The molecule has 0 aliphatic carbocycles. The van der Waals surface area contributed by atoms with Crippen molar-refractivity contribution in [1.82, 2.24) is 0 Å². The summed E-state index contributed by atoms with van der Waals surface area (Å²) in [4.78, 5) is 35.0. The second kappa shape index (κ2) is 18.5. The zero-order chi connectivity index (χ0) is 31.0. The van der Waals surface area contributed by atoms with Gasteiger partial charge >= 0.3 is 5.97 Å². The molecule has 0 aliphatic rings. The minimum atomic E-state index is -0.433. The maximum Gasteiger partial charge on any atom is 0.343 e. The maximum atomic E-state index is 12.4. The van der Waals surface area contributed by atoms with Gasteiger partial charge in [0, 0.05) is 11.1 Å². The minimum Gasteiger partial charge on any atom is -0.508 e. The van der Waals surface area contributed by atoms with Crippen molar-refractivity contribution in [2.24, 2.45) is 0 Å². The van der Waals surface area contributed by atoms with Crippen molar-refractivity contribution < 1.29 is 24.2 Å². The smallest absolute Gasteiger partial charge is 0.343 e. The summed E-state index contributed by atoms with van der Waals surface area (Å²) in [6.07, 6.45) is 10.1. The lowest BCUT2D eigenvalue weighted by molar-refractivity contribution is 0.0734. The van der Waals surface area contributed by atoms with Crippen LogP contribution in [0.5, 0.6) is 11.5 Å². The predicted octanol–water partition coefficient (Wildman–Crippen LogP) is 9.85. The van der Waals surface area contributed by atoms with Crippen molar-refractivity contribution in [3.8, 4) is 22.6 Å². The van der Waals surface area contributed by atoms with E-state index in [9.17, 15) is 14.4 Å². The monoisotopic (exact) mass is 590 g/mol. The van der Waals surface area contributed by atoms with Gasteiger partial charge in [-0.3, -0.25) is 9.59 Å². The number of ether oxygens (including phenoxy) is 1. The van der Waals surface area contributed by atoms with E-state index in [-0.39, 0.29) is 24.7 Å². The number of allylic oxidation sites excluding steroid dienone is 2. The quantitative estimate of drug-likeness (QED) is 0.0551. The van der Waals surface area contributed by atoms with Crippen LogP contribution in [0, 0.1) is 0 Å². The van der Waals surface area contributed by atoms with E-state index in [1.165, 1.54) is 62.0 Å². The number of phenolic OH excluding ortho intramolecular Hbond substituents is 1. The molecule has 0 radical (unpaired) electrons. The van der Waals surface area contributed by atoms with Gasteiger partial charge in [0.05, 0.1) is 5.56 Å². The number of ketones is 2. The highest BCUT2D eigenvalue weighted by molar-refractivity contribution is 6.04. The molecule has 0 unspecified atom stereocenters. The largest absolute Gasteiger partial charge is 0.508 e. The third-order valence-electron chi connectivity index (χ3n) is 6.85. The Morgan fingerprint density at radius 3 is 1.59 bits per heavy atom. The molecule has 0 saturated carbocycles. The highest BCUT2D eigenvalue weighted by atomic mass is 16.5. The van der Waals surface area contributed by atoms with Crippen LogP contribution in [0.4, 0.5) is 0 Å². The number of benzene rings is 4. The van der Waals surface area contributed by atoms with Gasteiger partial charge in [-0.1, -0.05) is 89.6 Å². The molecule has 1 N–H and O–H groups in total. The second-order valence-electron chi connectivity index (χ2n) is 10.0. The molecule has 0 spiro atoms. The Kier molecular flexibility index (Phi) is 14.8. The fraction of sp³-hybridized carbons (Fsp3) is 0.205. The van der Waals surface area contributed by atoms with Crippen LogP contribution in [-0.4, -0.2) is 22.6 Å².